The van der Waals surface area contributed by atoms with E-state index in [2.05, 4.69) is 6.92 Å². The van der Waals surface area contributed by atoms with Crippen molar-refractivity contribution in [2.45, 2.75) is 75.7 Å². The average Bonchev–Trinajstić information content (AvgIpc) is 3.14. The summed E-state index contributed by atoms with van der Waals surface area (Å²) in [5.74, 6) is -0.384. The molecule has 1 amide bonds. The van der Waals surface area contributed by atoms with Gasteiger partial charge in [0.2, 0.25) is 5.91 Å². The molecule has 0 bridgehead atoms. The molecular formula is C18H25N3O2S2. The van der Waals surface area contributed by atoms with E-state index in [0.717, 1.165) is 48.7 Å². The topological polar surface area (TPSA) is 78.0 Å². The summed E-state index contributed by atoms with van der Waals surface area (Å²) < 4.78 is 1.77. The number of nitrogens with zero attached hydrogens (tertiary/aromatic N) is 2. The van der Waals surface area contributed by atoms with Crippen LogP contribution in [0.1, 0.15) is 56.4 Å². The number of rotatable bonds is 8. The Hall–Kier alpha value is -1.34. The molecule has 1 atom stereocenters. The Morgan fingerprint density at radius 1 is 1.36 bits per heavy atom. The van der Waals surface area contributed by atoms with Crippen LogP contribution in [0.3, 0.4) is 0 Å². The number of nitrogens with two attached hydrogens (primary N) is 1. The molecule has 3 rings (SSSR count). The van der Waals surface area contributed by atoms with E-state index in [1.54, 1.807) is 22.8 Å². The zero-order valence-corrected chi connectivity index (χ0v) is 16.5. The van der Waals surface area contributed by atoms with Gasteiger partial charge in [0.05, 0.1) is 10.6 Å². The minimum atomic E-state index is -0.405. The van der Waals surface area contributed by atoms with E-state index in [1.165, 1.54) is 28.6 Å². The van der Waals surface area contributed by atoms with Crippen LogP contribution in [0.15, 0.2) is 9.95 Å². The van der Waals surface area contributed by atoms with Crippen LogP contribution in [0, 0.1) is 0 Å². The number of thiophene rings is 1. The molecule has 2 aromatic heterocycles. The van der Waals surface area contributed by atoms with E-state index < -0.39 is 5.25 Å². The number of fused-ring (bicyclic) bond motifs is 3. The monoisotopic (exact) mass is 379 g/mol. The number of carbonyl (C=O) groups is 1. The van der Waals surface area contributed by atoms with Crippen molar-refractivity contribution < 1.29 is 4.79 Å². The minimum absolute atomic E-state index is 0.0556. The molecule has 1 aliphatic carbocycles. The largest absolute Gasteiger partial charge is 0.369 e. The summed E-state index contributed by atoms with van der Waals surface area (Å²) in [4.78, 5) is 31.5. The first kappa shape index (κ1) is 18.5. The zero-order chi connectivity index (χ0) is 18.0. The Kier molecular flexibility index (Phi) is 5.84. The first-order valence-corrected chi connectivity index (χ1v) is 10.7. The predicted molar refractivity (Wildman–Crippen MR) is 105 cm³/mol. The maximum Gasteiger partial charge on any atom is 0.263 e. The molecule has 0 aliphatic heterocycles. The quantitative estimate of drug-likeness (QED) is 0.433. The molecule has 2 heterocycles. The number of thioether (sulfide) groups is 1. The fraction of sp³-hybridized carbons (Fsp3) is 0.611. The van der Waals surface area contributed by atoms with Crippen LogP contribution >= 0.6 is 23.1 Å². The molecule has 7 heteroatoms. The number of aromatic nitrogens is 2. The number of carbonyl (C=O) groups excluding carboxylic acids is 1. The molecule has 0 aromatic carbocycles. The second-order valence-corrected chi connectivity index (χ2v) is 9.00. The van der Waals surface area contributed by atoms with Crippen LogP contribution in [0.4, 0.5) is 0 Å². The lowest BCUT2D eigenvalue weighted by atomic mass is 10.2. The molecule has 0 spiro atoms. The van der Waals surface area contributed by atoms with Gasteiger partial charge in [-0.1, -0.05) is 37.9 Å². The summed E-state index contributed by atoms with van der Waals surface area (Å²) in [5.41, 5.74) is 6.67. The van der Waals surface area contributed by atoms with Crippen molar-refractivity contribution in [3.8, 4) is 0 Å². The molecule has 0 unspecified atom stereocenters. The van der Waals surface area contributed by atoms with E-state index in [0.29, 0.717) is 11.7 Å². The van der Waals surface area contributed by atoms with E-state index in [1.807, 2.05) is 0 Å². The maximum absolute atomic E-state index is 13.2. The molecule has 2 aromatic rings. The molecule has 5 nitrogen and oxygen atoms in total. The minimum Gasteiger partial charge on any atom is -0.369 e. The Labute approximate surface area is 156 Å². The molecule has 1 aliphatic rings. The van der Waals surface area contributed by atoms with E-state index in [4.69, 9.17) is 10.7 Å². The summed E-state index contributed by atoms with van der Waals surface area (Å²) in [7, 11) is 0. The standard InChI is InChI=1S/C18H25N3O2S2/c1-3-4-5-6-10-21-17(23)14-12-8-7-9-13(12)25-16(14)20-18(21)24-11(2)15(19)22/h11H,3-10H2,1-2H3,(H2,19,22)/t11-/m0/s1. The number of hydrogen-bond donors (Lipinski definition) is 1. The molecule has 136 valence electrons. The lowest BCUT2D eigenvalue weighted by Crippen LogP contribution is -2.27. The van der Waals surface area contributed by atoms with E-state index in [-0.39, 0.29) is 11.5 Å². The zero-order valence-electron chi connectivity index (χ0n) is 14.8. The fourth-order valence-electron chi connectivity index (χ4n) is 3.26. The molecule has 25 heavy (non-hydrogen) atoms. The molecule has 0 radical (unpaired) electrons. The van der Waals surface area contributed by atoms with Crippen LogP contribution in [-0.4, -0.2) is 20.7 Å². The number of primary amides is 1. The van der Waals surface area contributed by atoms with Crippen molar-refractivity contribution in [2.24, 2.45) is 5.73 Å². The number of aryl methyl sites for hydroxylation is 2. The summed E-state index contributed by atoms with van der Waals surface area (Å²) in [6, 6.07) is 0. The number of amides is 1. The van der Waals surface area contributed by atoms with Gasteiger partial charge in [0.15, 0.2) is 5.16 Å². The van der Waals surface area contributed by atoms with Gasteiger partial charge in [-0.2, -0.15) is 0 Å². The van der Waals surface area contributed by atoms with Gasteiger partial charge >= 0.3 is 0 Å². The van der Waals surface area contributed by atoms with Crippen LogP contribution in [-0.2, 0) is 24.2 Å². The fourth-order valence-corrected chi connectivity index (χ4v) is 5.45. The normalized spacial score (nSPS) is 14.8. The highest BCUT2D eigenvalue weighted by molar-refractivity contribution is 8.00. The van der Waals surface area contributed by atoms with Gasteiger partial charge in [0.25, 0.3) is 5.56 Å². The van der Waals surface area contributed by atoms with E-state index in [9.17, 15) is 9.59 Å². The van der Waals surface area contributed by atoms with Gasteiger partial charge < -0.3 is 5.73 Å². The predicted octanol–water partition coefficient (Wildman–Crippen LogP) is 3.49. The Morgan fingerprint density at radius 3 is 2.88 bits per heavy atom. The Bertz CT molecular complexity index is 841. The first-order chi connectivity index (χ1) is 12.0. The second kappa shape index (κ2) is 7.91. The van der Waals surface area contributed by atoms with Crippen molar-refractivity contribution >= 4 is 39.2 Å². The van der Waals surface area contributed by atoms with Crippen molar-refractivity contribution in [3.63, 3.8) is 0 Å². The number of unbranched alkanes of at least 4 members (excludes halogenated alkanes) is 3. The molecule has 2 N–H and O–H groups in total. The van der Waals surface area contributed by atoms with Crippen molar-refractivity contribution in [1.82, 2.24) is 9.55 Å². The SMILES string of the molecule is CCCCCCn1c(S[C@@H](C)C(N)=O)nc2sc3c(c2c1=O)CCC3. The van der Waals surface area contributed by atoms with Crippen LogP contribution in [0.2, 0.25) is 0 Å². The van der Waals surface area contributed by atoms with Crippen molar-refractivity contribution in [2.75, 3.05) is 0 Å². The van der Waals surface area contributed by atoms with Gasteiger partial charge in [0.1, 0.15) is 4.83 Å². The van der Waals surface area contributed by atoms with Gasteiger partial charge in [0, 0.05) is 11.4 Å². The van der Waals surface area contributed by atoms with E-state index >= 15 is 0 Å². The summed E-state index contributed by atoms with van der Waals surface area (Å²) >= 11 is 2.93. The highest BCUT2D eigenvalue weighted by Crippen LogP contribution is 2.36. The maximum atomic E-state index is 13.2. The van der Waals surface area contributed by atoms with Gasteiger partial charge in [-0.25, -0.2) is 4.98 Å². The smallest absolute Gasteiger partial charge is 0.263 e. The molecule has 0 saturated carbocycles. The Balaban J connectivity index is 2.02. The van der Waals surface area contributed by atoms with Crippen LogP contribution in [0.25, 0.3) is 10.2 Å². The first-order valence-electron chi connectivity index (χ1n) is 9.04. The lowest BCUT2D eigenvalue weighted by molar-refractivity contribution is -0.117. The molecule has 0 fully saturated rings. The van der Waals surface area contributed by atoms with Gasteiger partial charge in [-0.3, -0.25) is 14.2 Å². The van der Waals surface area contributed by atoms with Gasteiger partial charge in [-0.05, 0) is 38.2 Å². The molecular weight excluding hydrogens is 354 g/mol. The third-order valence-corrected chi connectivity index (χ3v) is 7.00. The lowest BCUT2D eigenvalue weighted by Gasteiger charge is -2.14. The highest BCUT2D eigenvalue weighted by atomic mass is 32.2. The third kappa shape index (κ3) is 3.77. The summed E-state index contributed by atoms with van der Waals surface area (Å²) in [6.45, 7) is 4.59. The summed E-state index contributed by atoms with van der Waals surface area (Å²) in [6.07, 6.45) is 7.52. The van der Waals surface area contributed by atoms with Gasteiger partial charge in [-0.15, -0.1) is 11.3 Å². The summed E-state index contributed by atoms with van der Waals surface area (Å²) in [5, 5.41) is 1.03. The third-order valence-electron chi connectivity index (χ3n) is 4.71. The van der Waals surface area contributed by atoms with Crippen molar-refractivity contribution in [3.05, 3.63) is 20.8 Å². The number of hydrogen-bond acceptors (Lipinski definition) is 5. The van der Waals surface area contributed by atoms with Crippen LogP contribution < -0.4 is 11.3 Å². The van der Waals surface area contributed by atoms with Crippen molar-refractivity contribution in [1.29, 1.82) is 0 Å². The second-order valence-electron chi connectivity index (χ2n) is 6.61. The highest BCUT2D eigenvalue weighted by Gasteiger charge is 2.24. The average molecular weight is 380 g/mol. The Morgan fingerprint density at radius 2 is 2.16 bits per heavy atom. The molecule has 0 saturated heterocycles. The van der Waals surface area contributed by atoms with Crippen LogP contribution in [0.5, 0.6) is 0 Å².